The number of likely N-dealkylation sites (N-methyl/N-ethyl adjacent to an activating group) is 1. The van der Waals surface area contributed by atoms with E-state index in [1.54, 1.807) is 0 Å². The van der Waals surface area contributed by atoms with Crippen molar-refractivity contribution in [3.05, 3.63) is 0 Å². The molecule has 0 aromatic carbocycles. The zero-order valence-electron chi connectivity index (χ0n) is 13.5. The molecule has 6 heteroatoms. The Hall–Kier alpha value is -1.19. The van der Waals surface area contributed by atoms with Gasteiger partial charge in [-0.3, -0.25) is 4.79 Å². The number of hydrogen-bond acceptors (Lipinski definition) is 4. The summed E-state index contributed by atoms with van der Waals surface area (Å²) in [7, 11) is 0. The molecule has 0 spiro atoms. The van der Waals surface area contributed by atoms with Crippen molar-refractivity contribution in [1.82, 2.24) is 15.1 Å². The number of halogens is 1. The summed E-state index contributed by atoms with van der Waals surface area (Å²) < 4.78 is 13.3. The van der Waals surface area contributed by atoms with E-state index >= 15 is 0 Å². The monoisotopic (exact) mass is 298 g/mol. The summed E-state index contributed by atoms with van der Waals surface area (Å²) >= 11 is 0. The van der Waals surface area contributed by atoms with Crippen molar-refractivity contribution in [2.24, 2.45) is 0 Å². The van der Waals surface area contributed by atoms with Gasteiger partial charge in [-0.2, -0.15) is 5.26 Å². The van der Waals surface area contributed by atoms with Crippen molar-refractivity contribution in [3.63, 3.8) is 0 Å². The molecular formula is C15H27FN4O. The molecule has 2 atom stereocenters. The molecule has 1 unspecified atom stereocenters. The van der Waals surface area contributed by atoms with E-state index in [0.29, 0.717) is 0 Å². The van der Waals surface area contributed by atoms with Crippen molar-refractivity contribution in [2.45, 2.75) is 51.9 Å². The summed E-state index contributed by atoms with van der Waals surface area (Å²) in [6, 6.07) is 1.38. The lowest BCUT2D eigenvalue weighted by molar-refractivity contribution is -0.130. The van der Waals surface area contributed by atoms with E-state index in [9.17, 15) is 9.18 Å². The lowest BCUT2D eigenvalue weighted by Gasteiger charge is -2.33. The molecule has 21 heavy (non-hydrogen) atoms. The molecule has 1 amide bonds. The predicted octanol–water partition coefficient (Wildman–Crippen LogP) is 1.16. The molecule has 0 aliphatic carbocycles. The second kappa shape index (κ2) is 7.71. The van der Waals surface area contributed by atoms with Crippen LogP contribution in [-0.4, -0.2) is 66.2 Å². The standard InChI is InChI=1S/C15H27FN4O/c1-5-19(6-2)11-15(3,4)18-9-14(21)20-10-12(16)7-13(20)8-17/h12-13,18H,5-7,9-11H2,1-4H3/t12-,13?/m0/s1. The van der Waals surface area contributed by atoms with E-state index in [2.05, 4.69) is 24.1 Å². The largest absolute Gasteiger partial charge is 0.323 e. The van der Waals surface area contributed by atoms with Gasteiger partial charge < -0.3 is 15.1 Å². The van der Waals surface area contributed by atoms with Crippen LogP contribution < -0.4 is 5.32 Å². The van der Waals surface area contributed by atoms with Gasteiger partial charge in [0.2, 0.25) is 5.91 Å². The number of nitriles is 1. The highest BCUT2D eigenvalue weighted by atomic mass is 19.1. The van der Waals surface area contributed by atoms with E-state index in [-0.39, 0.29) is 31.0 Å². The molecule has 1 heterocycles. The summed E-state index contributed by atoms with van der Waals surface area (Å²) in [6.45, 7) is 11.2. The number of nitrogens with one attached hydrogen (secondary N) is 1. The third-order valence-electron chi connectivity index (χ3n) is 3.95. The number of likely N-dealkylation sites (tertiary alicyclic amines) is 1. The first-order chi connectivity index (χ1) is 9.82. The molecule has 0 bridgehead atoms. The SMILES string of the molecule is CCN(CC)CC(C)(C)NCC(=O)N1C[C@@H](F)CC1C#N. The maximum absolute atomic E-state index is 13.3. The number of alkyl halides is 1. The lowest BCUT2D eigenvalue weighted by Crippen LogP contribution is -2.52. The predicted molar refractivity (Wildman–Crippen MR) is 80.5 cm³/mol. The first-order valence-electron chi connectivity index (χ1n) is 7.63. The molecule has 0 aromatic rings. The molecule has 5 nitrogen and oxygen atoms in total. The summed E-state index contributed by atoms with van der Waals surface area (Å²) in [5.74, 6) is -0.200. The second-order valence-electron chi connectivity index (χ2n) is 6.22. The number of carbonyl (C=O) groups excluding carboxylic acids is 1. The van der Waals surface area contributed by atoms with Gasteiger partial charge in [0.05, 0.1) is 19.2 Å². The first kappa shape index (κ1) is 17.9. The highest BCUT2D eigenvalue weighted by Crippen LogP contribution is 2.19. The van der Waals surface area contributed by atoms with Crippen LogP contribution in [-0.2, 0) is 4.79 Å². The maximum atomic E-state index is 13.3. The number of rotatable bonds is 7. The van der Waals surface area contributed by atoms with Crippen molar-refractivity contribution < 1.29 is 9.18 Å². The molecule has 1 saturated heterocycles. The number of carbonyl (C=O) groups is 1. The van der Waals surface area contributed by atoms with Crippen LogP contribution in [0.4, 0.5) is 4.39 Å². The highest BCUT2D eigenvalue weighted by Gasteiger charge is 2.35. The number of amides is 1. The lowest BCUT2D eigenvalue weighted by atomic mass is 10.0. The fraction of sp³-hybridized carbons (Fsp3) is 0.867. The quantitative estimate of drug-likeness (QED) is 0.766. The first-order valence-corrected chi connectivity index (χ1v) is 7.63. The normalized spacial score (nSPS) is 22.6. The molecular weight excluding hydrogens is 271 g/mol. The van der Waals surface area contributed by atoms with Gasteiger partial charge in [0, 0.05) is 18.5 Å². The van der Waals surface area contributed by atoms with Crippen molar-refractivity contribution in [1.29, 1.82) is 5.26 Å². The van der Waals surface area contributed by atoms with Gasteiger partial charge in [0.25, 0.3) is 0 Å². The molecule has 1 N–H and O–H groups in total. The number of nitrogens with zero attached hydrogens (tertiary/aromatic N) is 3. The average Bonchev–Trinajstić information content (AvgIpc) is 2.83. The Bertz CT molecular complexity index is 390. The third kappa shape index (κ3) is 5.25. The van der Waals surface area contributed by atoms with Gasteiger partial charge in [-0.25, -0.2) is 4.39 Å². The van der Waals surface area contributed by atoms with E-state index in [4.69, 9.17) is 5.26 Å². The van der Waals surface area contributed by atoms with Crippen LogP contribution in [0.15, 0.2) is 0 Å². The topological polar surface area (TPSA) is 59.4 Å². The minimum Gasteiger partial charge on any atom is -0.323 e. The molecule has 0 aromatic heterocycles. The Labute approximate surface area is 127 Å². The van der Waals surface area contributed by atoms with Crippen LogP contribution in [0.1, 0.15) is 34.1 Å². The van der Waals surface area contributed by atoms with Gasteiger partial charge in [0.1, 0.15) is 12.2 Å². The van der Waals surface area contributed by atoms with Gasteiger partial charge >= 0.3 is 0 Å². The molecule has 1 rings (SSSR count). The zero-order valence-corrected chi connectivity index (χ0v) is 13.5. The van der Waals surface area contributed by atoms with Gasteiger partial charge in [-0.05, 0) is 26.9 Å². The Morgan fingerprint density at radius 3 is 2.62 bits per heavy atom. The molecule has 1 fully saturated rings. The average molecular weight is 298 g/mol. The molecule has 0 radical (unpaired) electrons. The van der Waals surface area contributed by atoms with E-state index in [0.717, 1.165) is 19.6 Å². The maximum Gasteiger partial charge on any atom is 0.237 e. The van der Waals surface area contributed by atoms with Crippen molar-refractivity contribution in [3.8, 4) is 6.07 Å². The molecule has 1 aliphatic rings. The van der Waals surface area contributed by atoms with Crippen LogP contribution in [0.3, 0.4) is 0 Å². The molecule has 0 saturated carbocycles. The minimum absolute atomic E-state index is 0.0369. The van der Waals surface area contributed by atoms with Crippen molar-refractivity contribution in [2.75, 3.05) is 32.7 Å². The van der Waals surface area contributed by atoms with Gasteiger partial charge in [0.15, 0.2) is 0 Å². The van der Waals surface area contributed by atoms with Crippen LogP contribution in [0.5, 0.6) is 0 Å². The Balaban J connectivity index is 2.50. The third-order valence-corrected chi connectivity index (χ3v) is 3.95. The van der Waals surface area contributed by atoms with E-state index in [1.807, 2.05) is 19.9 Å². The Morgan fingerprint density at radius 2 is 2.10 bits per heavy atom. The van der Waals surface area contributed by atoms with Crippen LogP contribution in [0.25, 0.3) is 0 Å². The zero-order chi connectivity index (χ0) is 16.0. The van der Waals surface area contributed by atoms with Gasteiger partial charge in [-0.15, -0.1) is 0 Å². The molecule has 1 aliphatic heterocycles. The fourth-order valence-electron chi connectivity index (χ4n) is 2.66. The van der Waals surface area contributed by atoms with Crippen LogP contribution >= 0.6 is 0 Å². The van der Waals surface area contributed by atoms with Gasteiger partial charge in [-0.1, -0.05) is 13.8 Å². The summed E-state index contributed by atoms with van der Waals surface area (Å²) in [4.78, 5) is 15.8. The Kier molecular flexibility index (Phi) is 6.56. The minimum atomic E-state index is -1.08. The van der Waals surface area contributed by atoms with Crippen LogP contribution in [0.2, 0.25) is 0 Å². The van der Waals surface area contributed by atoms with Crippen molar-refractivity contribution >= 4 is 5.91 Å². The fourth-order valence-corrected chi connectivity index (χ4v) is 2.66. The molecule has 120 valence electrons. The summed E-state index contributed by atoms with van der Waals surface area (Å²) in [5, 5.41) is 12.2. The second-order valence-corrected chi connectivity index (χ2v) is 6.22. The number of hydrogen-bond donors (Lipinski definition) is 1. The van der Waals surface area contributed by atoms with Crippen LogP contribution in [0, 0.1) is 11.3 Å². The smallest absolute Gasteiger partial charge is 0.237 e. The summed E-state index contributed by atoms with van der Waals surface area (Å²) in [6.07, 6.45) is -0.951. The highest BCUT2D eigenvalue weighted by molar-refractivity contribution is 5.79. The van der Waals surface area contributed by atoms with E-state index < -0.39 is 12.2 Å². The van der Waals surface area contributed by atoms with E-state index in [1.165, 1.54) is 4.90 Å². The Morgan fingerprint density at radius 1 is 1.48 bits per heavy atom. The summed E-state index contributed by atoms with van der Waals surface area (Å²) in [5.41, 5.74) is -0.210.